The number of hydrogen-bond donors (Lipinski definition) is 1. The van der Waals surface area contributed by atoms with Crippen LogP contribution in [-0.4, -0.2) is 17.0 Å². The highest BCUT2D eigenvalue weighted by Gasteiger charge is 2.42. The van der Waals surface area contributed by atoms with Crippen molar-refractivity contribution in [1.29, 1.82) is 0 Å². The molecule has 0 amide bonds. The Hall–Kier alpha value is -0.630. The van der Waals surface area contributed by atoms with Crippen molar-refractivity contribution in [2.45, 2.75) is 63.9 Å². The molecule has 0 heterocycles. The van der Waals surface area contributed by atoms with Crippen molar-refractivity contribution >= 4 is 5.78 Å². The van der Waals surface area contributed by atoms with Crippen LogP contribution in [0.4, 0.5) is 0 Å². The van der Waals surface area contributed by atoms with Crippen molar-refractivity contribution < 1.29 is 9.90 Å². The van der Waals surface area contributed by atoms with Gasteiger partial charge in [0.05, 0.1) is 6.10 Å². The van der Waals surface area contributed by atoms with Crippen LogP contribution in [0.2, 0.25) is 0 Å². The summed E-state index contributed by atoms with van der Waals surface area (Å²) in [7, 11) is 0. The lowest BCUT2D eigenvalue weighted by Gasteiger charge is -2.25. The number of ketones is 1. The number of aliphatic hydroxyl groups excluding tert-OH is 1. The second-order valence-electron chi connectivity index (χ2n) is 6.79. The van der Waals surface area contributed by atoms with Crippen LogP contribution < -0.4 is 0 Å². The van der Waals surface area contributed by atoms with Crippen LogP contribution in [0, 0.1) is 23.7 Å². The number of allylic oxidation sites excluding steroid dienone is 1. The zero-order chi connectivity index (χ0) is 13.2. The van der Waals surface area contributed by atoms with Crippen LogP contribution in [-0.2, 0) is 4.79 Å². The predicted octanol–water partition coefficient (Wildman–Crippen LogP) is 3.49. The normalized spacial score (nSPS) is 37.9. The van der Waals surface area contributed by atoms with Gasteiger partial charge in [-0.1, -0.05) is 31.4 Å². The second-order valence-corrected chi connectivity index (χ2v) is 6.79. The Morgan fingerprint density at radius 2 is 1.84 bits per heavy atom. The predicted molar refractivity (Wildman–Crippen MR) is 75.7 cm³/mol. The van der Waals surface area contributed by atoms with E-state index in [0.717, 1.165) is 25.7 Å². The summed E-state index contributed by atoms with van der Waals surface area (Å²) in [6.07, 6.45) is 14.4. The monoisotopic (exact) mass is 262 g/mol. The number of rotatable bonds is 3. The highest BCUT2D eigenvalue weighted by molar-refractivity contribution is 5.83. The third-order valence-electron chi connectivity index (χ3n) is 5.70. The summed E-state index contributed by atoms with van der Waals surface area (Å²) in [5.74, 6) is 2.46. The summed E-state index contributed by atoms with van der Waals surface area (Å²) in [4.78, 5) is 11.7. The first-order chi connectivity index (χ1) is 9.25. The summed E-state index contributed by atoms with van der Waals surface area (Å²) in [6.45, 7) is 0. The van der Waals surface area contributed by atoms with E-state index < -0.39 is 0 Å². The minimum Gasteiger partial charge on any atom is -0.389 e. The van der Waals surface area contributed by atoms with Crippen molar-refractivity contribution in [2.24, 2.45) is 23.7 Å². The molecule has 0 aromatic heterocycles. The molecule has 1 N–H and O–H groups in total. The molecule has 2 heteroatoms. The van der Waals surface area contributed by atoms with Crippen molar-refractivity contribution in [2.75, 3.05) is 0 Å². The van der Waals surface area contributed by atoms with Crippen LogP contribution in [0.25, 0.3) is 0 Å². The van der Waals surface area contributed by atoms with Gasteiger partial charge in [-0.2, -0.15) is 0 Å². The van der Waals surface area contributed by atoms with E-state index in [1.54, 1.807) is 0 Å². The molecule has 3 rings (SSSR count). The molecule has 4 atom stereocenters. The SMILES string of the molecule is O=C1CCC2C(C=CC(O)C3CCCCC3)CCC12. The maximum absolute atomic E-state index is 11.7. The molecule has 2 nitrogen and oxygen atoms in total. The van der Waals surface area contributed by atoms with Crippen LogP contribution in [0.1, 0.15) is 57.8 Å². The molecule has 3 aliphatic carbocycles. The smallest absolute Gasteiger partial charge is 0.136 e. The minimum atomic E-state index is -0.253. The lowest BCUT2D eigenvalue weighted by Crippen LogP contribution is -2.21. The Kier molecular flexibility index (Phi) is 4.07. The molecule has 4 unspecified atom stereocenters. The van der Waals surface area contributed by atoms with Gasteiger partial charge in [0, 0.05) is 12.3 Å². The van der Waals surface area contributed by atoms with Crippen molar-refractivity contribution in [3.8, 4) is 0 Å². The summed E-state index contributed by atoms with van der Waals surface area (Å²) in [5.41, 5.74) is 0. The summed E-state index contributed by atoms with van der Waals surface area (Å²) >= 11 is 0. The number of fused-ring (bicyclic) bond motifs is 1. The van der Waals surface area contributed by atoms with E-state index in [1.807, 2.05) is 6.08 Å². The van der Waals surface area contributed by atoms with Gasteiger partial charge in [-0.25, -0.2) is 0 Å². The third kappa shape index (κ3) is 2.79. The zero-order valence-corrected chi connectivity index (χ0v) is 11.8. The molecule has 0 spiro atoms. The molecule has 0 saturated heterocycles. The van der Waals surface area contributed by atoms with Crippen molar-refractivity contribution in [3.05, 3.63) is 12.2 Å². The minimum absolute atomic E-state index is 0.253. The number of aliphatic hydroxyl groups is 1. The molecule has 19 heavy (non-hydrogen) atoms. The van der Waals surface area contributed by atoms with Gasteiger partial charge in [-0.15, -0.1) is 0 Å². The molecule has 0 aromatic carbocycles. The number of Topliss-reactive ketones (excluding diaryl/α,β-unsaturated/α-hetero) is 1. The summed E-state index contributed by atoms with van der Waals surface area (Å²) in [6, 6.07) is 0. The van der Waals surface area contributed by atoms with Gasteiger partial charge in [0.1, 0.15) is 5.78 Å². The lowest BCUT2D eigenvalue weighted by atomic mass is 9.84. The van der Waals surface area contributed by atoms with Gasteiger partial charge in [-0.3, -0.25) is 4.79 Å². The van der Waals surface area contributed by atoms with Gasteiger partial charge >= 0.3 is 0 Å². The molecular formula is C17H26O2. The Labute approximate surface area is 116 Å². The van der Waals surface area contributed by atoms with E-state index in [9.17, 15) is 9.90 Å². The lowest BCUT2D eigenvalue weighted by molar-refractivity contribution is -0.120. The Bertz CT molecular complexity index is 354. The maximum atomic E-state index is 11.7. The van der Waals surface area contributed by atoms with E-state index in [-0.39, 0.29) is 6.10 Å². The first kappa shape index (κ1) is 13.4. The molecular weight excluding hydrogens is 236 g/mol. The average Bonchev–Trinajstić information content (AvgIpc) is 3.01. The molecule has 3 fully saturated rings. The van der Waals surface area contributed by atoms with Crippen LogP contribution in [0.15, 0.2) is 12.2 Å². The van der Waals surface area contributed by atoms with E-state index in [2.05, 4.69) is 6.08 Å². The van der Waals surface area contributed by atoms with Crippen LogP contribution in [0.3, 0.4) is 0 Å². The highest BCUT2D eigenvalue weighted by atomic mass is 16.3. The topological polar surface area (TPSA) is 37.3 Å². The Morgan fingerprint density at radius 3 is 2.63 bits per heavy atom. The van der Waals surface area contributed by atoms with E-state index in [1.165, 1.54) is 32.1 Å². The Morgan fingerprint density at radius 1 is 1.05 bits per heavy atom. The second kappa shape index (κ2) is 5.78. The zero-order valence-electron chi connectivity index (χ0n) is 11.8. The Balaban J connectivity index is 1.56. The maximum Gasteiger partial charge on any atom is 0.136 e. The van der Waals surface area contributed by atoms with Crippen molar-refractivity contribution in [3.63, 3.8) is 0 Å². The van der Waals surface area contributed by atoms with Crippen LogP contribution >= 0.6 is 0 Å². The fourth-order valence-electron chi connectivity index (χ4n) is 4.54. The molecule has 3 aliphatic rings. The number of carbonyl (C=O) groups is 1. The standard InChI is InChI=1S/C17H26O2/c18-16(13-4-2-1-3-5-13)10-7-12-6-8-15-14(12)9-11-17(15)19/h7,10,12-16,18H,1-6,8-9,11H2. The largest absolute Gasteiger partial charge is 0.389 e. The van der Waals surface area contributed by atoms with E-state index >= 15 is 0 Å². The number of hydrogen-bond acceptors (Lipinski definition) is 2. The summed E-state index contributed by atoms with van der Waals surface area (Å²) < 4.78 is 0. The molecule has 0 aromatic rings. The van der Waals surface area contributed by atoms with Crippen LogP contribution in [0.5, 0.6) is 0 Å². The van der Waals surface area contributed by atoms with Gasteiger partial charge in [-0.05, 0) is 49.9 Å². The first-order valence-electron chi connectivity index (χ1n) is 8.15. The third-order valence-corrected chi connectivity index (χ3v) is 5.70. The quantitative estimate of drug-likeness (QED) is 0.791. The van der Waals surface area contributed by atoms with Gasteiger partial charge in [0.25, 0.3) is 0 Å². The molecule has 0 radical (unpaired) electrons. The van der Waals surface area contributed by atoms with Gasteiger partial charge in [0.15, 0.2) is 0 Å². The van der Waals surface area contributed by atoms with E-state index in [0.29, 0.717) is 29.5 Å². The molecule has 106 valence electrons. The first-order valence-corrected chi connectivity index (χ1v) is 8.15. The van der Waals surface area contributed by atoms with Gasteiger partial charge < -0.3 is 5.11 Å². The molecule has 0 aliphatic heterocycles. The van der Waals surface area contributed by atoms with E-state index in [4.69, 9.17) is 0 Å². The molecule has 0 bridgehead atoms. The highest BCUT2D eigenvalue weighted by Crippen LogP contribution is 2.46. The average molecular weight is 262 g/mol. The fraction of sp³-hybridized carbons (Fsp3) is 0.824. The van der Waals surface area contributed by atoms with Gasteiger partial charge in [0.2, 0.25) is 0 Å². The number of carbonyl (C=O) groups excluding carboxylic acids is 1. The fourth-order valence-corrected chi connectivity index (χ4v) is 4.54. The summed E-state index contributed by atoms with van der Waals surface area (Å²) in [5, 5.41) is 10.3. The molecule has 3 saturated carbocycles. The van der Waals surface area contributed by atoms with Crippen molar-refractivity contribution in [1.82, 2.24) is 0 Å².